The molecule has 0 saturated carbocycles. The smallest absolute Gasteiger partial charge is 0.338 e. The van der Waals surface area contributed by atoms with Gasteiger partial charge in [-0.3, -0.25) is 24.0 Å². The summed E-state index contributed by atoms with van der Waals surface area (Å²) in [5, 5.41) is 11.5. The summed E-state index contributed by atoms with van der Waals surface area (Å²) in [6, 6.07) is 51.8. The number of benzene rings is 6. The first-order chi connectivity index (χ1) is 41.9. The molecule has 12 rings (SSSR count). The summed E-state index contributed by atoms with van der Waals surface area (Å²) in [7, 11) is 0. The fourth-order valence-electron chi connectivity index (χ4n) is 9.90. The molecule has 87 heavy (non-hydrogen) atoms. The van der Waals surface area contributed by atoms with Gasteiger partial charge in [-0.15, -0.1) is 22.7 Å². The Balaban J connectivity index is 0.000000168. The van der Waals surface area contributed by atoms with Crippen molar-refractivity contribution in [2.75, 3.05) is 33.9 Å². The van der Waals surface area contributed by atoms with Crippen molar-refractivity contribution in [3.05, 3.63) is 270 Å². The number of aryl methyl sites for hydroxylation is 2. The number of thiophene rings is 2. The molecule has 0 spiro atoms. The van der Waals surface area contributed by atoms with Crippen LogP contribution < -0.4 is 20.9 Å². The Hall–Kier alpha value is -9.52. The molecule has 436 valence electrons. The zero-order valence-electron chi connectivity index (χ0n) is 46.7. The summed E-state index contributed by atoms with van der Waals surface area (Å²) in [5.41, 5.74) is 15.8. The van der Waals surface area contributed by atoms with Gasteiger partial charge in [-0.2, -0.15) is 0 Å². The van der Waals surface area contributed by atoms with E-state index in [-0.39, 0.29) is 63.5 Å². The molecule has 0 aliphatic carbocycles. The minimum atomic E-state index is -1.05. The van der Waals surface area contributed by atoms with E-state index in [2.05, 4.69) is 15.3 Å². The Bertz CT molecular complexity index is 4310. The van der Waals surface area contributed by atoms with Crippen molar-refractivity contribution < 1.29 is 42.7 Å². The number of hydrogen-bond acceptors (Lipinski definition) is 11. The third kappa shape index (κ3) is 13.9. The van der Waals surface area contributed by atoms with Gasteiger partial charge in [0.05, 0.1) is 32.3 Å². The lowest BCUT2D eigenvalue weighted by atomic mass is 10.0. The van der Waals surface area contributed by atoms with Gasteiger partial charge in [0.2, 0.25) is 0 Å². The molecule has 0 bridgehead atoms. The molecule has 4 N–H and O–H groups in total. The Kier molecular flexibility index (Phi) is 18.7. The van der Waals surface area contributed by atoms with Crippen molar-refractivity contribution in [3.8, 4) is 20.9 Å². The molecule has 4 aromatic heterocycles. The molecule has 0 fully saturated rings. The van der Waals surface area contributed by atoms with E-state index in [1.807, 2.05) is 60.7 Å². The number of nitrogens with zero attached hydrogens (tertiary/aromatic N) is 4. The third-order valence-electron chi connectivity index (χ3n) is 14.4. The van der Waals surface area contributed by atoms with Crippen LogP contribution in [-0.2, 0) is 25.7 Å². The van der Waals surface area contributed by atoms with Crippen LogP contribution in [0.4, 0.5) is 31.5 Å². The van der Waals surface area contributed by atoms with Gasteiger partial charge in [0.25, 0.3) is 17.7 Å². The molecular weight excluding hydrogens is 1190 g/mol. The number of halogens is 4. The van der Waals surface area contributed by atoms with Gasteiger partial charge >= 0.3 is 5.97 Å². The zero-order valence-corrected chi connectivity index (χ0v) is 49.8. The molecule has 6 aromatic carbocycles. The van der Waals surface area contributed by atoms with E-state index >= 15 is 0 Å². The molecule has 0 unspecified atom stereocenters. The summed E-state index contributed by atoms with van der Waals surface area (Å²) in [5.74, 6) is -2.72. The fraction of sp³-hybridized carbons (Fsp3) is 0.118. The first kappa shape index (κ1) is 60.6. The van der Waals surface area contributed by atoms with E-state index in [1.165, 1.54) is 40.9 Å². The SMILES string of the molecule is Cc1ccc(C(=O)Nc2ccc(C(=O)N3CCc4cc(C(=O)Cc5ccccc5F)sc4-c4ccccc43)cc2)c(Cl)n1.Cc1ccc(C(=O)O)c(Cl)n1.Nc1ccc(C(=O)N2CCc3cc(C(=O)Cc4ccccc4F)sc3-c3ccccc32)cc1. The van der Waals surface area contributed by atoms with Crippen LogP contribution in [0.2, 0.25) is 10.3 Å². The van der Waals surface area contributed by atoms with Crippen LogP contribution >= 0.6 is 45.9 Å². The third-order valence-corrected chi connectivity index (χ3v) is 17.4. The van der Waals surface area contributed by atoms with Crippen LogP contribution in [0.5, 0.6) is 0 Å². The van der Waals surface area contributed by atoms with Crippen LogP contribution in [0.25, 0.3) is 20.9 Å². The second-order valence-electron chi connectivity index (χ2n) is 20.3. The Morgan fingerprint density at radius 2 is 0.966 bits per heavy atom. The summed E-state index contributed by atoms with van der Waals surface area (Å²) < 4.78 is 28.2. The van der Waals surface area contributed by atoms with Crippen molar-refractivity contribution in [3.63, 3.8) is 0 Å². The second kappa shape index (κ2) is 26.8. The predicted octanol–water partition coefficient (Wildman–Crippen LogP) is 15.3. The molecule has 3 amide bonds. The number of fused-ring (bicyclic) bond motifs is 6. The number of nitrogen functional groups attached to an aromatic ring is 1. The Labute approximate surface area is 517 Å². The minimum absolute atomic E-state index is 0.0102. The number of carboxylic acid groups (broad SMARTS) is 1. The molecule has 0 saturated heterocycles. The lowest BCUT2D eigenvalue weighted by molar-refractivity contribution is 0.0695. The number of ketones is 2. The molecular formula is C68H52Cl2F2N6O7S2. The number of Topliss-reactive ketones (excluding diaryl/α,β-unsaturated/α-hetero) is 2. The number of nitrogens with two attached hydrogens (primary N) is 1. The number of aromatic carboxylic acids is 1. The fourth-order valence-corrected chi connectivity index (χ4v) is 12.8. The van der Waals surface area contributed by atoms with E-state index in [0.29, 0.717) is 80.7 Å². The van der Waals surface area contributed by atoms with Crippen LogP contribution in [0, 0.1) is 25.5 Å². The van der Waals surface area contributed by atoms with Crippen LogP contribution in [0.1, 0.15) is 94.4 Å². The highest BCUT2D eigenvalue weighted by atomic mass is 35.5. The van der Waals surface area contributed by atoms with Gasteiger partial charge in [-0.25, -0.2) is 23.5 Å². The van der Waals surface area contributed by atoms with Crippen LogP contribution in [-0.4, -0.2) is 63.4 Å². The molecule has 2 aliphatic heterocycles. The van der Waals surface area contributed by atoms with Gasteiger partial charge in [0.15, 0.2) is 11.6 Å². The number of nitrogens with one attached hydrogen (secondary N) is 1. The van der Waals surface area contributed by atoms with Crippen LogP contribution in [0.3, 0.4) is 0 Å². The maximum absolute atomic E-state index is 14.2. The first-order valence-electron chi connectivity index (χ1n) is 27.3. The second-order valence-corrected chi connectivity index (χ2v) is 23.1. The molecule has 13 nitrogen and oxygen atoms in total. The monoisotopic (exact) mass is 1240 g/mol. The van der Waals surface area contributed by atoms with Gasteiger partial charge in [-0.05, 0) is 158 Å². The minimum Gasteiger partial charge on any atom is -0.478 e. The van der Waals surface area contributed by atoms with Crippen molar-refractivity contribution in [2.45, 2.75) is 39.5 Å². The van der Waals surface area contributed by atoms with Crippen molar-refractivity contribution >= 4 is 104 Å². The number of hydrogen-bond donors (Lipinski definition) is 3. The average Bonchev–Trinajstić information content (AvgIpc) is 2.09. The highest BCUT2D eigenvalue weighted by Gasteiger charge is 2.30. The molecule has 0 radical (unpaired) electrons. The number of rotatable bonds is 11. The predicted molar refractivity (Wildman–Crippen MR) is 339 cm³/mol. The van der Waals surface area contributed by atoms with Crippen molar-refractivity contribution in [2.24, 2.45) is 0 Å². The highest BCUT2D eigenvalue weighted by molar-refractivity contribution is 7.18. The number of anilines is 4. The maximum Gasteiger partial charge on any atom is 0.338 e. The number of amides is 3. The number of carboxylic acids is 1. The van der Waals surface area contributed by atoms with E-state index in [0.717, 1.165) is 43.4 Å². The number of carbonyl (C=O) groups is 6. The summed E-state index contributed by atoms with van der Waals surface area (Å²) in [4.78, 5) is 90.7. The Morgan fingerprint density at radius 3 is 1.40 bits per heavy atom. The Morgan fingerprint density at radius 1 is 0.552 bits per heavy atom. The summed E-state index contributed by atoms with van der Waals surface area (Å²) in [6.07, 6.45) is 1.19. The standard InChI is InChI=1S/C34H25ClFN3O3S.C27H21FN2O2S.C7H6ClNO2/c1-20-10-15-26(32(35)37-20)33(41)38-24-13-11-21(12-14-24)34(42)39-17-16-23-19-30(29(40)18-22-6-2-4-8-27(22)36)43-31(23)25-7-3-5-9-28(25)39;28-22-7-3-1-5-18(22)15-24(31)25-16-19-13-14-30(27(32)17-9-11-20(29)12-10-17)23-8-4-2-6-21(23)26(19)33-25;1-4-2-3-5(7(10)11)6(8)9-4/h2-15,19H,16-18H2,1H3,(H,38,41);1-12,16H,13-15,29H2;2-3H,1H3,(H,10,11). The first-order valence-corrected chi connectivity index (χ1v) is 29.7. The van der Waals surface area contributed by atoms with E-state index in [9.17, 15) is 37.5 Å². The largest absolute Gasteiger partial charge is 0.478 e. The van der Waals surface area contributed by atoms with Gasteiger partial charge in [-0.1, -0.05) is 96.0 Å². The number of aromatic nitrogens is 2. The maximum atomic E-state index is 14.2. The molecule has 10 aromatic rings. The normalized spacial score (nSPS) is 12.0. The van der Waals surface area contributed by atoms with Crippen LogP contribution in [0.15, 0.2) is 182 Å². The number of para-hydroxylation sites is 2. The summed E-state index contributed by atoms with van der Waals surface area (Å²) in [6.45, 7) is 4.44. The molecule has 19 heteroatoms. The van der Waals surface area contributed by atoms with Crippen molar-refractivity contribution in [1.29, 1.82) is 0 Å². The van der Waals surface area contributed by atoms with Gasteiger partial charge in [0.1, 0.15) is 21.9 Å². The van der Waals surface area contributed by atoms with Crippen molar-refractivity contribution in [1.82, 2.24) is 9.97 Å². The van der Waals surface area contributed by atoms with Gasteiger partial charge < -0.3 is 26.0 Å². The topological polar surface area (TPSA) is 193 Å². The molecule has 6 heterocycles. The average molecular weight is 1240 g/mol. The molecule has 0 atom stereocenters. The summed E-state index contributed by atoms with van der Waals surface area (Å²) >= 11 is 14.5. The van der Waals surface area contributed by atoms with E-state index in [4.69, 9.17) is 34.0 Å². The quantitative estimate of drug-likeness (QED) is 0.0637. The van der Waals surface area contributed by atoms with E-state index in [1.54, 1.807) is 127 Å². The molecule has 2 aliphatic rings. The van der Waals surface area contributed by atoms with E-state index < -0.39 is 17.7 Å². The lowest BCUT2D eigenvalue weighted by Gasteiger charge is -2.23. The number of carbonyl (C=O) groups excluding carboxylic acids is 5. The highest BCUT2D eigenvalue weighted by Crippen LogP contribution is 2.44. The lowest BCUT2D eigenvalue weighted by Crippen LogP contribution is -2.32. The van der Waals surface area contributed by atoms with Gasteiger partial charge in [0, 0.05) is 80.7 Å². The zero-order chi connectivity index (χ0) is 61.5. The number of pyridine rings is 2.